The minimum Gasteiger partial charge on any atom is -0.481 e. The number of carboxylic acid groups (broad SMARTS) is 1. The van der Waals surface area contributed by atoms with Crippen molar-refractivity contribution in [3.05, 3.63) is 58.6 Å². The van der Waals surface area contributed by atoms with Crippen molar-refractivity contribution in [2.45, 2.75) is 30.9 Å². The predicted octanol–water partition coefficient (Wildman–Crippen LogP) is 3.17. The number of carboxylic acids is 1. The molecule has 38 heavy (non-hydrogen) atoms. The van der Waals surface area contributed by atoms with E-state index in [-0.39, 0.29) is 18.7 Å². The molecule has 2 aliphatic rings. The zero-order valence-corrected chi connectivity index (χ0v) is 21.0. The van der Waals surface area contributed by atoms with Gasteiger partial charge in [0.25, 0.3) is 5.91 Å². The number of rotatable bonds is 6. The lowest BCUT2D eigenvalue weighted by Gasteiger charge is -2.45. The van der Waals surface area contributed by atoms with Gasteiger partial charge >= 0.3 is 18.2 Å². The molecule has 1 saturated heterocycles. The zero-order valence-electron chi connectivity index (χ0n) is 20.3. The van der Waals surface area contributed by atoms with Gasteiger partial charge in [-0.05, 0) is 55.3 Å². The fourth-order valence-corrected chi connectivity index (χ4v) is 4.77. The first-order chi connectivity index (χ1) is 18.1. The maximum Gasteiger partial charge on any atom is 0.412 e. The van der Waals surface area contributed by atoms with Crippen molar-refractivity contribution in [3.63, 3.8) is 0 Å². The molecule has 0 aliphatic carbocycles. The summed E-state index contributed by atoms with van der Waals surface area (Å²) >= 11 is 6.19. The highest BCUT2D eigenvalue weighted by atomic mass is 35.5. The number of fused-ring (bicyclic) bond motifs is 2. The van der Waals surface area contributed by atoms with E-state index < -0.39 is 48.0 Å². The molecule has 1 spiro atoms. The summed E-state index contributed by atoms with van der Waals surface area (Å²) < 4.78 is 10.2. The number of carbonyl (C=O) groups is 5. The minimum atomic E-state index is -1.38. The van der Waals surface area contributed by atoms with E-state index in [0.29, 0.717) is 34.8 Å². The lowest BCUT2D eigenvalue weighted by molar-refractivity contribution is -0.146. The van der Waals surface area contributed by atoms with Crippen LogP contribution in [-0.2, 0) is 24.7 Å². The number of likely N-dealkylation sites (tertiary alicyclic amines) is 1. The average molecular weight is 545 g/mol. The number of nitrogens with zero attached hydrogens (tertiary/aromatic N) is 1. The molecule has 4 N–H and O–H groups in total. The molecule has 2 aromatic rings. The topological polar surface area (TPSA) is 163 Å². The van der Waals surface area contributed by atoms with Crippen LogP contribution < -0.4 is 16.0 Å². The summed E-state index contributed by atoms with van der Waals surface area (Å²) in [7, 11) is 1.21. The fraction of sp³-hybridized carbons (Fsp3) is 0.320. The Morgan fingerprint density at radius 2 is 1.95 bits per heavy atom. The number of anilines is 2. The molecule has 2 aliphatic heterocycles. The molecule has 2 heterocycles. The molecule has 0 radical (unpaired) electrons. The Labute approximate surface area is 222 Å². The molecular formula is C25H25ClN4O8. The Morgan fingerprint density at radius 3 is 2.63 bits per heavy atom. The first kappa shape index (κ1) is 26.7. The van der Waals surface area contributed by atoms with Crippen LogP contribution in [-0.4, -0.2) is 66.2 Å². The Kier molecular flexibility index (Phi) is 7.72. The molecule has 13 heteroatoms. The number of aliphatic carboxylic acids is 1. The van der Waals surface area contributed by atoms with E-state index in [1.165, 1.54) is 36.3 Å². The number of hydrogen-bond acceptors (Lipinski definition) is 7. The van der Waals surface area contributed by atoms with E-state index in [1.807, 2.05) is 0 Å². The first-order valence-electron chi connectivity index (χ1n) is 11.7. The van der Waals surface area contributed by atoms with Crippen LogP contribution in [0.2, 0.25) is 5.02 Å². The highest BCUT2D eigenvalue weighted by Crippen LogP contribution is 2.43. The van der Waals surface area contributed by atoms with Crippen molar-refractivity contribution in [2.75, 3.05) is 30.8 Å². The lowest BCUT2D eigenvalue weighted by atomic mass is 9.83. The fourth-order valence-electron chi connectivity index (χ4n) is 4.59. The molecule has 2 aromatic carbocycles. The van der Waals surface area contributed by atoms with Crippen LogP contribution in [0, 0.1) is 0 Å². The highest BCUT2D eigenvalue weighted by Gasteiger charge is 2.47. The van der Waals surface area contributed by atoms with Gasteiger partial charge in [-0.25, -0.2) is 9.59 Å². The van der Waals surface area contributed by atoms with Crippen molar-refractivity contribution >= 4 is 52.9 Å². The zero-order chi connectivity index (χ0) is 27.4. The molecular weight excluding hydrogens is 520 g/mol. The maximum absolute atomic E-state index is 13.5. The first-order valence-corrected chi connectivity index (χ1v) is 12.0. The quantitative estimate of drug-likeness (QED) is 0.431. The second kappa shape index (κ2) is 11.0. The number of ether oxygens (including phenoxy) is 2. The molecule has 0 saturated carbocycles. The maximum atomic E-state index is 13.5. The summed E-state index contributed by atoms with van der Waals surface area (Å²) in [6.07, 6.45) is -1.11. The van der Waals surface area contributed by atoms with Gasteiger partial charge < -0.3 is 24.8 Å². The summed E-state index contributed by atoms with van der Waals surface area (Å²) in [5.41, 5.74) is 0.482. The smallest absolute Gasteiger partial charge is 0.412 e. The summed E-state index contributed by atoms with van der Waals surface area (Å²) in [6.45, 7) is 0.244. The van der Waals surface area contributed by atoms with E-state index >= 15 is 0 Å². The van der Waals surface area contributed by atoms with Crippen LogP contribution in [0.25, 0.3) is 0 Å². The number of carbonyl (C=O) groups excluding carboxylic acids is 4. The van der Waals surface area contributed by atoms with Crippen LogP contribution >= 0.6 is 11.6 Å². The van der Waals surface area contributed by atoms with Crippen LogP contribution in [0.15, 0.2) is 42.5 Å². The van der Waals surface area contributed by atoms with Crippen LogP contribution in [0.3, 0.4) is 0 Å². The van der Waals surface area contributed by atoms with Gasteiger partial charge in [0, 0.05) is 28.4 Å². The van der Waals surface area contributed by atoms with Crippen molar-refractivity contribution in [3.8, 4) is 0 Å². The lowest BCUT2D eigenvalue weighted by Crippen LogP contribution is -2.57. The molecule has 0 aromatic heterocycles. The van der Waals surface area contributed by atoms with Gasteiger partial charge in [0.2, 0.25) is 5.91 Å². The van der Waals surface area contributed by atoms with Crippen LogP contribution in [0.4, 0.5) is 21.0 Å². The second-order valence-corrected chi connectivity index (χ2v) is 9.32. The largest absolute Gasteiger partial charge is 0.481 e. The van der Waals surface area contributed by atoms with E-state index in [4.69, 9.17) is 16.3 Å². The third-order valence-corrected chi connectivity index (χ3v) is 6.56. The number of amides is 4. The Bertz CT molecular complexity index is 1280. The van der Waals surface area contributed by atoms with Crippen molar-refractivity contribution in [1.82, 2.24) is 10.2 Å². The predicted molar refractivity (Wildman–Crippen MR) is 135 cm³/mol. The van der Waals surface area contributed by atoms with Gasteiger partial charge in [-0.15, -0.1) is 0 Å². The number of nitrogens with one attached hydrogen (secondary N) is 3. The van der Waals surface area contributed by atoms with Crippen molar-refractivity contribution in [1.29, 1.82) is 0 Å². The van der Waals surface area contributed by atoms with Crippen molar-refractivity contribution in [2.24, 2.45) is 0 Å². The second-order valence-electron chi connectivity index (χ2n) is 8.88. The molecule has 1 unspecified atom stereocenters. The van der Waals surface area contributed by atoms with Gasteiger partial charge in [0.05, 0.1) is 25.8 Å². The highest BCUT2D eigenvalue weighted by molar-refractivity contribution is 6.30. The minimum absolute atomic E-state index is 0.0352. The Balaban J connectivity index is 1.53. The van der Waals surface area contributed by atoms with E-state index in [0.717, 1.165) is 0 Å². The van der Waals surface area contributed by atoms with Gasteiger partial charge in [-0.1, -0.05) is 11.6 Å². The monoisotopic (exact) mass is 544 g/mol. The van der Waals surface area contributed by atoms with Gasteiger partial charge in [-0.3, -0.25) is 25.0 Å². The van der Waals surface area contributed by atoms with Gasteiger partial charge in [0.1, 0.15) is 6.04 Å². The number of hydrogen-bond donors (Lipinski definition) is 4. The summed E-state index contributed by atoms with van der Waals surface area (Å²) in [4.78, 5) is 63.0. The van der Waals surface area contributed by atoms with E-state index in [2.05, 4.69) is 20.7 Å². The average Bonchev–Trinajstić information content (AvgIpc) is 2.88. The van der Waals surface area contributed by atoms with Gasteiger partial charge in [-0.2, -0.15) is 0 Å². The molecule has 2 atom stereocenters. The Morgan fingerprint density at radius 1 is 1.21 bits per heavy atom. The molecule has 4 amide bonds. The molecule has 12 nitrogen and oxygen atoms in total. The SMILES string of the molecule is COC(=O)Nc1ccc(C(=O)N[C@@H](CC(=O)O)C(=O)N2CCCC3(C2)OC(=O)Nc2ccc(Cl)cc23)cc1. The van der Waals surface area contributed by atoms with E-state index in [9.17, 15) is 29.1 Å². The Hall–Kier alpha value is -4.32. The summed E-state index contributed by atoms with van der Waals surface area (Å²) in [5.74, 6) is -2.58. The third kappa shape index (κ3) is 5.80. The molecule has 0 bridgehead atoms. The van der Waals surface area contributed by atoms with Crippen LogP contribution in [0.1, 0.15) is 35.2 Å². The number of halogens is 1. The summed E-state index contributed by atoms with van der Waals surface area (Å²) in [6, 6.07) is 9.31. The van der Waals surface area contributed by atoms with Gasteiger partial charge in [0.15, 0.2) is 5.60 Å². The van der Waals surface area contributed by atoms with Crippen molar-refractivity contribution < 1.29 is 38.6 Å². The third-order valence-electron chi connectivity index (χ3n) is 6.32. The van der Waals surface area contributed by atoms with E-state index in [1.54, 1.807) is 18.2 Å². The molecule has 4 rings (SSSR count). The molecule has 1 fully saturated rings. The number of methoxy groups -OCH3 is 1. The standard InChI is InChI=1S/C25H25ClN4O8/c1-37-23(35)27-16-6-3-14(4-7-16)21(33)28-19(12-20(31)32)22(34)30-10-2-9-25(13-30)17-11-15(26)5-8-18(17)29-24(36)38-25/h3-8,11,19H,2,9-10,12-13H2,1H3,(H,27,35)(H,28,33)(H,29,36)(H,31,32)/t19-,25?/m0/s1. The normalized spacial score (nSPS) is 18.9. The summed E-state index contributed by atoms with van der Waals surface area (Å²) in [5, 5.41) is 17.4. The number of piperidine rings is 1. The number of benzene rings is 2. The van der Waals surface area contributed by atoms with Crippen LogP contribution in [0.5, 0.6) is 0 Å². The molecule has 200 valence electrons.